The summed E-state index contributed by atoms with van der Waals surface area (Å²) < 4.78 is 5.18. The quantitative estimate of drug-likeness (QED) is 0.514. The lowest BCUT2D eigenvalue weighted by Crippen LogP contribution is -2.43. The van der Waals surface area contributed by atoms with E-state index < -0.39 is 0 Å². The molecular weight excluding hydrogens is 422 g/mol. The Morgan fingerprint density at radius 3 is 2.59 bits per heavy atom. The third kappa shape index (κ3) is 4.39. The molecule has 2 atom stereocenters. The number of nitrogens with zero attached hydrogens (tertiary/aromatic N) is 2. The van der Waals surface area contributed by atoms with E-state index in [1.54, 1.807) is 36.2 Å². The topological polar surface area (TPSA) is 71.5 Å². The molecule has 6 nitrogen and oxygen atoms in total. The van der Waals surface area contributed by atoms with Gasteiger partial charge in [-0.1, -0.05) is 12.1 Å². The van der Waals surface area contributed by atoms with Crippen LogP contribution in [-0.2, 0) is 9.53 Å². The van der Waals surface area contributed by atoms with Crippen LogP contribution in [0.25, 0.3) is 11.3 Å². The molecule has 2 heterocycles. The number of esters is 1. The summed E-state index contributed by atoms with van der Waals surface area (Å²) >= 11 is 1.64. The summed E-state index contributed by atoms with van der Waals surface area (Å²) in [5.41, 5.74) is 5.27. The van der Waals surface area contributed by atoms with Gasteiger partial charge in [-0.2, -0.15) is 0 Å². The van der Waals surface area contributed by atoms with Crippen molar-refractivity contribution < 1.29 is 14.3 Å². The third-order valence-corrected chi connectivity index (χ3v) is 6.44. The van der Waals surface area contributed by atoms with E-state index in [-0.39, 0.29) is 24.0 Å². The molecule has 1 aromatic heterocycles. The van der Waals surface area contributed by atoms with E-state index in [1.165, 1.54) is 0 Å². The van der Waals surface area contributed by atoms with Crippen LogP contribution in [-0.4, -0.2) is 29.5 Å². The smallest absolute Gasteiger partial charge is 0.338 e. The van der Waals surface area contributed by atoms with Gasteiger partial charge in [-0.05, 0) is 63.1 Å². The Hall–Kier alpha value is -3.19. The van der Waals surface area contributed by atoms with Crippen molar-refractivity contribution in [2.45, 2.75) is 46.2 Å². The van der Waals surface area contributed by atoms with Gasteiger partial charge in [0, 0.05) is 35.3 Å². The number of nitrogens with one attached hydrogen (secondary N) is 1. The first kappa shape index (κ1) is 22.0. The number of anilines is 2. The summed E-state index contributed by atoms with van der Waals surface area (Å²) in [6, 6.07) is 13.6. The maximum Gasteiger partial charge on any atom is 0.338 e. The number of aryl methyl sites for hydroxylation is 1. The summed E-state index contributed by atoms with van der Waals surface area (Å²) in [4.78, 5) is 31.0. The fourth-order valence-electron chi connectivity index (χ4n) is 4.26. The van der Waals surface area contributed by atoms with Gasteiger partial charge in [-0.15, -0.1) is 11.3 Å². The van der Waals surface area contributed by atoms with Crippen molar-refractivity contribution in [3.63, 3.8) is 0 Å². The Labute approximate surface area is 192 Å². The minimum absolute atomic E-state index is 0.0102. The predicted molar refractivity (Wildman–Crippen MR) is 128 cm³/mol. The molecule has 1 N–H and O–H groups in total. The molecule has 0 unspecified atom stereocenters. The van der Waals surface area contributed by atoms with Crippen LogP contribution in [0, 0.1) is 6.92 Å². The number of amides is 1. The zero-order valence-electron chi connectivity index (χ0n) is 18.7. The van der Waals surface area contributed by atoms with Crippen LogP contribution < -0.4 is 10.2 Å². The molecule has 166 valence electrons. The Kier molecular flexibility index (Phi) is 6.28. The molecule has 4 rings (SSSR count). The van der Waals surface area contributed by atoms with Crippen LogP contribution in [0.3, 0.4) is 0 Å². The van der Waals surface area contributed by atoms with Gasteiger partial charge in [0.2, 0.25) is 5.91 Å². The maximum absolute atomic E-state index is 12.3. The Morgan fingerprint density at radius 2 is 1.97 bits per heavy atom. The van der Waals surface area contributed by atoms with Crippen LogP contribution in [0.4, 0.5) is 11.4 Å². The van der Waals surface area contributed by atoms with Crippen LogP contribution in [0.15, 0.2) is 47.8 Å². The molecule has 1 aliphatic heterocycles. The van der Waals surface area contributed by atoms with Crippen molar-refractivity contribution in [1.29, 1.82) is 0 Å². The first-order valence-corrected chi connectivity index (χ1v) is 11.6. The van der Waals surface area contributed by atoms with Gasteiger partial charge in [0.15, 0.2) is 0 Å². The highest BCUT2D eigenvalue weighted by Crippen LogP contribution is 2.40. The number of hydrogen-bond acceptors (Lipinski definition) is 6. The van der Waals surface area contributed by atoms with E-state index in [0.29, 0.717) is 12.2 Å². The fraction of sp³-hybridized carbons (Fsp3) is 0.320. The molecule has 1 amide bonds. The highest BCUT2D eigenvalue weighted by Gasteiger charge is 2.33. The van der Waals surface area contributed by atoms with Gasteiger partial charge in [0.25, 0.3) is 0 Å². The van der Waals surface area contributed by atoms with Crippen LogP contribution in [0.1, 0.15) is 54.2 Å². The highest BCUT2D eigenvalue weighted by molar-refractivity contribution is 7.09. The molecule has 32 heavy (non-hydrogen) atoms. The van der Waals surface area contributed by atoms with Crippen LogP contribution in [0.5, 0.6) is 0 Å². The molecule has 0 spiro atoms. The molecule has 0 saturated heterocycles. The Morgan fingerprint density at radius 1 is 1.22 bits per heavy atom. The Balaban J connectivity index is 1.65. The summed E-state index contributed by atoms with van der Waals surface area (Å²) in [7, 11) is 0. The van der Waals surface area contributed by atoms with E-state index >= 15 is 0 Å². The van der Waals surface area contributed by atoms with Crippen LogP contribution in [0.2, 0.25) is 0 Å². The molecule has 2 aromatic carbocycles. The zero-order chi connectivity index (χ0) is 22.8. The van der Waals surface area contributed by atoms with Crippen molar-refractivity contribution in [1.82, 2.24) is 4.98 Å². The summed E-state index contributed by atoms with van der Waals surface area (Å²) in [6.07, 6.45) is 0.728. The van der Waals surface area contributed by atoms with E-state index in [1.807, 2.05) is 38.1 Å². The average Bonchev–Trinajstić information content (AvgIpc) is 3.20. The largest absolute Gasteiger partial charge is 0.462 e. The second-order valence-electron chi connectivity index (χ2n) is 7.99. The normalized spacial score (nSPS) is 17.6. The number of benzene rings is 2. The van der Waals surface area contributed by atoms with Gasteiger partial charge < -0.3 is 15.0 Å². The lowest BCUT2D eigenvalue weighted by molar-refractivity contribution is -0.117. The SMILES string of the molecule is CCOC(=O)c1ccc2c(c1)[C@H](Nc1ccc(-c3csc(C)n3)cc1)C[C@H](C)N2C(C)=O. The van der Waals surface area contributed by atoms with E-state index in [9.17, 15) is 9.59 Å². The van der Waals surface area contributed by atoms with Crippen molar-refractivity contribution in [2.24, 2.45) is 0 Å². The van der Waals surface area contributed by atoms with Crippen LogP contribution >= 0.6 is 11.3 Å². The summed E-state index contributed by atoms with van der Waals surface area (Å²) in [5, 5.41) is 6.70. The summed E-state index contributed by atoms with van der Waals surface area (Å²) in [5.74, 6) is -0.367. The van der Waals surface area contributed by atoms with Crippen molar-refractivity contribution >= 4 is 34.6 Å². The summed E-state index contributed by atoms with van der Waals surface area (Å²) in [6.45, 7) is 7.73. The number of carbonyl (C=O) groups excluding carboxylic acids is 2. The monoisotopic (exact) mass is 449 g/mol. The lowest BCUT2D eigenvalue weighted by Gasteiger charge is -2.39. The van der Waals surface area contributed by atoms with Crippen molar-refractivity contribution in [3.05, 3.63) is 64.0 Å². The maximum atomic E-state index is 12.3. The molecule has 0 saturated carbocycles. The second kappa shape index (κ2) is 9.12. The molecule has 7 heteroatoms. The molecule has 0 aliphatic carbocycles. The highest BCUT2D eigenvalue weighted by atomic mass is 32.1. The molecule has 0 fully saturated rings. The lowest BCUT2D eigenvalue weighted by atomic mass is 9.90. The molecule has 3 aromatic rings. The fourth-order valence-corrected chi connectivity index (χ4v) is 4.88. The first-order chi connectivity index (χ1) is 15.4. The average molecular weight is 450 g/mol. The van der Waals surface area contributed by atoms with Gasteiger partial charge in [0.05, 0.1) is 28.9 Å². The zero-order valence-corrected chi connectivity index (χ0v) is 19.5. The standard InChI is InChI=1S/C25H27N3O3S/c1-5-31-25(30)19-8-11-24-21(13-19)22(12-15(2)28(24)17(4)29)27-20-9-6-18(7-10-20)23-14-32-16(3)26-23/h6-11,13-15,22,27H,5,12H2,1-4H3/t15-,22+/m0/s1. The molecule has 1 aliphatic rings. The van der Waals surface area contributed by atoms with Crippen molar-refractivity contribution in [2.75, 3.05) is 16.8 Å². The van der Waals surface area contributed by atoms with Gasteiger partial charge in [0.1, 0.15) is 0 Å². The molecular formula is C25H27N3O3S. The first-order valence-electron chi connectivity index (χ1n) is 10.8. The van der Waals surface area contributed by atoms with E-state index in [2.05, 4.69) is 27.8 Å². The number of thiazole rings is 1. The number of hydrogen-bond donors (Lipinski definition) is 1. The molecule has 0 bridgehead atoms. The minimum Gasteiger partial charge on any atom is -0.462 e. The Bertz CT molecular complexity index is 1140. The van der Waals surface area contributed by atoms with Gasteiger partial charge in [-0.3, -0.25) is 4.79 Å². The van der Waals surface area contributed by atoms with Crippen molar-refractivity contribution in [3.8, 4) is 11.3 Å². The van der Waals surface area contributed by atoms with Gasteiger partial charge >= 0.3 is 5.97 Å². The predicted octanol–water partition coefficient (Wildman–Crippen LogP) is 5.59. The van der Waals surface area contributed by atoms with Gasteiger partial charge in [-0.25, -0.2) is 9.78 Å². The number of carbonyl (C=O) groups is 2. The number of rotatable bonds is 5. The number of ether oxygens (including phenoxy) is 1. The molecule has 0 radical (unpaired) electrons. The minimum atomic E-state index is -0.357. The third-order valence-electron chi connectivity index (χ3n) is 5.67. The second-order valence-corrected chi connectivity index (χ2v) is 9.06. The van der Waals surface area contributed by atoms with E-state index in [4.69, 9.17) is 4.74 Å². The number of fused-ring (bicyclic) bond motifs is 1. The number of aromatic nitrogens is 1. The van der Waals surface area contributed by atoms with E-state index in [0.717, 1.165) is 39.6 Å².